The van der Waals surface area contributed by atoms with Gasteiger partial charge in [0, 0.05) is 13.5 Å². The Hall–Kier alpha value is -1.81. The van der Waals surface area contributed by atoms with Crippen molar-refractivity contribution >= 4 is 27.5 Å². The second-order valence-electron chi connectivity index (χ2n) is 6.52. The molecule has 0 spiro atoms. The molecule has 8 nitrogen and oxygen atoms in total. The van der Waals surface area contributed by atoms with Gasteiger partial charge in [-0.1, -0.05) is 11.8 Å². The molecule has 0 unspecified atom stereocenters. The van der Waals surface area contributed by atoms with Gasteiger partial charge in [0.05, 0.1) is 29.6 Å². The van der Waals surface area contributed by atoms with Crippen molar-refractivity contribution in [2.75, 3.05) is 17.3 Å². The number of furan rings is 1. The Morgan fingerprint density at radius 3 is 2.96 bits per heavy atom. The minimum Gasteiger partial charge on any atom is -0.467 e. The third-order valence-corrected chi connectivity index (χ3v) is 7.26. The standard InChI is InChI=1S/C16H22N4O4S2/c1-11(13-4-3-6-24-13)17-15(21)9-25-16-19-18-14(20(16)2)8-12-5-7-26(22,23)10-12/h3-4,6,11-12H,5,7-10H2,1-2H3,(H,17,21)/t11-,12-/m1/s1. The number of aromatic nitrogens is 3. The molecule has 0 aromatic carbocycles. The van der Waals surface area contributed by atoms with E-state index in [0.29, 0.717) is 23.8 Å². The zero-order valence-corrected chi connectivity index (χ0v) is 16.3. The van der Waals surface area contributed by atoms with E-state index < -0.39 is 9.84 Å². The van der Waals surface area contributed by atoms with E-state index in [1.165, 1.54) is 11.8 Å². The van der Waals surface area contributed by atoms with E-state index in [4.69, 9.17) is 4.42 Å². The van der Waals surface area contributed by atoms with Crippen LogP contribution in [0.4, 0.5) is 0 Å². The van der Waals surface area contributed by atoms with Crippen molar-refractivity contribution in [3.8, 4) is 0 Å². The van der Waals surface area contributed by atoms with E-state index in [1.807, 2.05) is 24.6 Å². The SMILES string of the molecule is C[C@@H](NC(=O)CSc1nnc(C[C@H]2CCS(=O)(=O)C2)n1C)c1ccco1. The number of amides is 1. The van der Waals surface area contributed by atoms with Gasteiger partial charge in [-0.2, -0.15) is 0 Å². The molecule has 1 saturated heterocycles. The first-order valence-electron chi connectivity index (χ1n) is 8.38. The van der Waals surface area contributed by atoms with Crippen molar-refractivity contribution in [3.63, 3.8) is 0 Å². The molecule has 1 N–H and O–H groups in total. The molecule has 1 aliphatic rings. The van der Waals surface area contributed by atoms with Crippen molar-refractivity contribution in [2.24, 2.45) is 13.0 Å². The fraction of sp³-hybridized carbons (Fsp3) is 0.562. The Bertz CT molecular complexity index is 861. The molecule has 1 aliphatic heterocycles. The number of rotatable bonds is 7. The molecule has 2 atom stereocenters. The monoisotopic (exact) mass is 398 g/mol. The highest BCUT2D eigenvalue weighted by Gasteiger charge is 2.29. The van der Waals surface area contributed by atoms with Gasteiger partial charge in [-0.05, 0) is 31.4 Å². The van der Waals surface area contributed by atoms with Crippen LogP contribution in [0.5, 0.6) is 0 Å². The topological polar surface area (TPSA) is 107 Å². The molecule has 2 aromatic rings. The average Bonchev–Trinajstić information content (AvgIpc) is 3.29. The Morgan fingerprint density at radius 2 is 2.31 bits per heavy atom. The summed E-state index contributed by atoms with van der Waals surface area (Å²) in [7, 11) is -1.06. The number of sulfone groups is 1. The molecule has 0 saturated carbocycles. The number of carbonyl (C=O) groups is 1. The first-order valence-corrected chi connectivity index (χ1v) is 11.2. The van der Waals surface area contributed by atoms with E-state index in [2.05, 4.69) is 15.5 Å². The zero-order valence-electron chi connectivity index (χ0n) is 14.7. The summed E-state index contributed by atoms with van der Waals surface area (Å²) in [6, 6.07) is 3.40. The molecule has 0 radical (unpaired) electrons. The molecule has 0 bridgehead atoms. The lowest BCUT2D eigenvalue weighted by Gasteiger charge is -2.11. The zero-order chi connectivity index (χ0) is 18.7. The maximum atomic E-state index is 12.1. The van der Waals surface area contributed by atoms with E-state index in [1.54, 1.807) is 12.3 Å². The van der Waals surface area contributed by atoms with Gasteiger partial charge in [0.2, 0.25) is 5.91 Å². The van der Waals surface area contributed by atoms with Crippen molar-refractivity contribution in [1.82, 2.24) is 20.1 Å². The van der Waals surface area contributed by atoms with Gasteiger partial charge in [-0.25, -0.2) is 8.42 Å². The second kappa shape index (κ2) is 7.83. The summed E-state index contributed by atoms with van der Waals surface area (Å²) in [6.07, 6.45) is 2.83. The summed E-state index contributed by atoms with van der Waals surface area (Å²) < 4.78 is 30.2. The van der Waals surface area contributed by atoms with Crippen LogP contribution in [-0.4, -0.2) is 46.3 Å². The predicted octanol–water partition coefficient (Wildman–Crippen LogP) is 1.35. The van der Waals surface area contributed by atoms with Crippen LogP contribution in [0.15, 0.2) is 28.0 Å². The molecule has 1 fully saturated rings. The van der Waals surface area contributed by atoms with Crippen LogP contribution in [0.3, 0.4) is 0 Å². The average molecular weight is 399 g/mol. The Kier molecular flexibility index (Phi) is 5.71. The summed E-state index contributed by atoms with van der Waals surface area (Å²) in [6.45, 7) is 1.86. The summed E-state index contributed by atoms with van der Waals surface area (Å²) in [5.41, 5.74) is 0. The van der Waals surface area contributed by atoms with Gasteiger partial charge in [0.1, 0.15) is 11.6 Å². The van der Waals surface area contributed by atoms with Gasteiger partial charge >= 0.3 is 0 Å². The number of nitrogens with zero attached hydrogens (tertiary/aromatic N) is 3. The summed E-state index contributed by atoms with van der Waals surface area (Å²) in [4.78, 5) is 12.1. The highest BCUT2D eigenvalue weighted by atomic mass is 32.2. The lowest BCUT2D eigenvalue weighted by molar-refractivity contribution is -0.119. The largest absolute Gasteiger partial charge is 0.467 e. The lowest BCUT2D eigenvalue weighted by Crippen LogP contribution is -2.28. The van der Waals surface area contributed by atoms with E-state index in [9.17, 15) is 13.2 Å². The van der Waals surface area contributed by atoms with Gasteiger partial charge in [-0.15, -0.1) is 10.2 Å². The van der Waals surface area contributed by atoms with Gasteiger partial charge in [0.15, 0.2) is 15.0 Å². The normalized spacial score (nSPS) is 20.2. The van der Waals surface area contributed by atoms with Crippen molar-refractivity contribution in [3.05, 3.63) is 30.0 Å². The first-order chi connectivity index (χ1) is 12.3. The number of hydrogen-bond donors (Lipinski definition) is 1. The van der Waals surface area contributed by atoms with Crippen LogP contribution in [0.2, 0.25) is 0 Å². The van der Waals surface area contributed by atoms with E-state index >= 15 is 0 Å². The van der Waals surface area contributed by atoms with E-state index in [-0.39, 0.29) is 35.1 Å². The van der Waals surface area contributed by atoms with Crippen LogP contribution < -0.4 is 5.32 Å². The van der Waals surface area contributed by atoms with E-state index in [0.717, 1.165) is 5.82 Å². The molecule has 2 aromatic heterocycles. The maximum Gasteiger partial charge on any atom is 0.231 e. The summed E-state index contributed by atoms with van der Waals surface area (Å²) in [5.74, 6) is 2.12. The van der Waals surface area contributed by atoms with Gasteiger partial charge < -0.3 is 14.3 Å². The minimum atomic E-state index is -2.90. The molecule has 26 heavy (non-hydrogen) atoms. The van der Waals surface area contributed by atoms with Crippen LogP contribution in [0.25, 0.3) is 0 Å². The molecular formula is C16H22N4O4S2. The fourth-order valence-electron chi connectivity index (χ4n) is 2.96. The Morgan fingerprint density at radius 1 is 1.50 bits per heavy atom. The molecule has 3 heterocycles. The molecular weight excluding hydrogens is 376 g/mol. The lowest BCUT2D eigenvalue weighted by atomic mass is 10.1. The van der Waals surface area contributed by atoms with Crippen molar-refractivity contribution in [1.29, 1.82) is 0 Å². The van der Waals surface area contributed by atoms with Crippen molar-refractivity contribution in [2.45, 2.75) is 31.0 Å². The van der Waals surface area contributed by atoms with Gasteiger partial charge in [0.25, 0.3) is 0 Å². The van der Waals surface area contributed by atoms with Crippen LogP contribution >= 0.6 is 11.8 Å². The molecule has 142 valence electrons. The molecule has 10 heteroatoms. The number of thioether (sulfide) groups is 1. The molecule has 3 rings (SSSR count). The Balaban J connectivity index is 1.51. The van der Waals surface area contributed by atoms with Crippen molar-refractivity contribution < 1.29 is 17.6 Å². The first kappa shape index (κ1) is 19.0. The summed E-state index contributed by atoms with van der Waals surface area (Å²) in [5, 5.41) is 11.8. The van der Waals surface area contributed by atoms with Gasteiger partial charge in [-0.3, -0.25) is 4.79 Å². The molecule has 1 amide bonds. The highest BCUT2D eigenvalue weighted by Crippen LogP contribution is 2.23. The second-order valence-corrected chi connectivity index (χ2v) is 9.70. The molecule has 0 aliphatic carbocycles. The smallest absolute Gasteiger partial charge is 0.231 e. The number of carbonyl (C=O) groups excluding carboxylic acids is 1. The predicted molar refractivity (Wildman–Crippen MR) is 97.5 cm³/mol. The maximum absolute atomic E-state index is 12.1. The number of nitrogens with one attached hydrogen (secondary N) is 1. The van der Waals surface area contributed by atoms with Crippen LogP contribution in [0.1, 0.15) is 31.0 Å². The quantitative estimate of drug-likeness (QED) is 0.702. The highest BCUT2D eigenvalue weighted by molar-refractivity contribution is 7.99. The number of hydrogen-bond acceptors (Lipinski definition) is 7. The van der Waals surface area contributed by atoms with Crippen LogP contribution in [0, 0.1) is 5.92 Å². The Labute approximate surface area is 156 Å². The fourth-order valence-corrected chi connectivity index (χ4v) is 5.56. The minimum absolute atomic E-state index is 0.0956. The van der Waals surface area contributed by atoms with Crippen LogP contribution in [-0.2, 0) is 28.1 Å². The third-order valence-electron chi connectivity index (χ3n) is 4.40. The summed E-state index contributed by atoms with van der Waals surface area (Å²) >= 11 is 1.30. The third kappa shape index (κ3) is 4.67.